The summed E-state index contributed by atoms with van der Waals surface area (Å²) in [7, 11) is 0. The summed E-state index contributed by atoms with van der Waals surface area (Å²) in [6.07, 6.45) is 0. The Balaban J connectivity index is 2.92. The zero-order valence-corrected chi connectivity index (χ0v) is 7.17. The molecule has 4 heteroatoms. The summed E-state index contributed by atoms with van der Waals surface area (Å²) >= 11 is 0.366. The van der Waals surface area contributed by atoms with Gasteiger partial charge in [-0.15, -0.1) is 0 Å². The van der Waals surface area contributed by atoms with Crippen LogP contribution in [0, 0.1) is 12.7 Å². The van der Waals surface area contributed by atoms with Crippen molar-refractivity contribution in [1.29, 1.82) is 0 Å². The van der Waals surface area contributed by atoms with Crippen molar-refractivity contribution in [3.63, 3.8) is 0 Å². The van der Waals surface area contributed by atoms with E-state index in [4.69, 9.17) is 0 Å². The van der Waals surface area contributed by atoms with E-state index in [1.165, 1.54) is 25.1 Å². The van der Waals surface area contributed by atoms with Crippen molar-refractivity contribution in [2.45, 2.75) is 17.6 Å². The van der Waals surface area contributed by atoms with Crippen LogP contribution in [0.15, 0.2) is 23.1 Å². The molecule has 0 unspecified atom stereocenters. The van der Waals surface area contributed by atoms with Crippen LogP contribution in [0.1, 0.15) is 5.56 Å². The monoisotopic (exact) mass is 192 g/mol. The van der Waals surface area contributed by atoms with Crippen molar-refractivity contribution in [1.82, 2.24) is 0 Å². The van der Waals surface area contributed by atoms with E-state index in [2.05, 4.69) is 0 Å². The van der Waals surface area contributed by atoms with Gasteiger partial charge in [0.1, 0.15) is 5.82 Å². The highest BCUT2D eigenvalue weighted by Gasteiger charge is 2.09. The first kappa shape index (κ1) is 9.45. The fourth-order valence-electron chi connectivity index (χ4n) is 0.811. The fraction of sp³-hybridized carbons (Fsp3) is 0.250. The smallest absolute Gasteiger partial charge is 0.207 e. The van der Waals surface area contributed by atoms with Gasteiger partial charge in [-0.3, -0.25) is 0 Å². The molecule has 0 aliphatic rings. The zero-order chi connectivity index (χ0) is 9.14. The Bertz CT molecular complexity index is 273. The van der Waals surface area contributed by atoms with Crippen LogP contribution < -0.4 is 0 Å². The van der Waals surface area contributed by atoms with Crippen LogP contribution >= 0.6 is 11.8 Å². The van der Waals surface area contributed by atoms with Crippen molar-refractivity contribution >= 4 is 11.8 Å². The van der Waals surface area contributed by atoms with Crippen LogP contribution in [-0.4, -0.2) is 5.76 Å². The van der Waals surface area contributed by atoms with E-state index >= 15 is 0 Å². The molecule has 0 N–H and O–H groups in total. The Morgan fingerprint density at radius 3 is 2.58 bits per heavy atom. The first-order valence-electron chi connectivity index (χ1n) is 3.31. The molecule has 0 aliphatic heterocycles. The maximum atomic E-state index is 12.8. The Kier molecular flexibility index (Phi) is 3.03. The van der Waals surface area contributed by atoms with E-state index in [0.717, 1.165) is 0 Å². The minimum absolute atomic E-state index is 0.280. The van der Waals surface area contributed by atoms with Crippen LogP contribution in [0.4, 0.5) is 13.2 Å². The average molecular weight is 192 g/mol. The summed E-state index contributed by atoms with van der Waals surface area (Å²) in [5.41, 5.74) is 0.280. The normalized spacial score (nSPS) is 10.8. The van der Waals surface area contributed by atoms with Gasteiger partial charge in [-0.25, -0.2) is 4.39 Å². The molecule has 0 atom stereocenters. The molecule has 0 aliphatic carbocycles. The predicted molar refractivity (Wildman–Crippen MR) is 43.0 cm³/mol. The van der Waals surface area contributed by atoms with Gasteiger partial charge in [-0.05, 0) is 24.6 Å². The second kappa shape index (κ2) is 3.85. The molecule has 12 heavy (non-hydrogen) atoms. The molecule has 66 valence electrons. The van der Waals surface area contributed by atoms with Crippen LogP contribution in [0.5, 0.6) is 0 Å². The molecular weight excluding hydrogens is 185 g/mol. The highest BCUT2D eigenvalue weighted by Crippen LogP contribution is 2.28. The van der Waals surface area contributed by atoms with Gasteiger partial charge >= 0.3 is 0 Å². The molecule has 0 amide bonds. The molecular formula is C8H7F3S. The number of benzene rings is 1. The molecule has 0 heterocycles. The van der Waals surface area contributed by atoms with Crippen molar-refractivity contribution in [3.05, 3.63) is 29.6 Å². The Morgan fingerprint density at radius 1 is 1.33 bits per heavy atom. The molecule has 1 aromatic rings. The van der Waals surface area contributed by atoms with Gasteiger partial charge < -0.3 is 0 Å². The highest BCUT2D eigenvalue weighted by atomic mass is 32.2. The summed E-state index contributed by atoms with van der Waals surface area (Å²) in [6, 6.07) is 4.16. The molecule has 0 saturated carbocycles. The lowest BCUT2D eigenvalue weighted by molar-refractivity contribution is 0.252. The average Bonchev–Trinajstić information content (AvgIpc) is 1.98. The molecule has 0 bridgehead atoms. The topological polar surface area (TPSA) is 0 Å². The largest absolute Gasteiger partial charge is 0.288 e. The van der Waals surface area contributed by atoms with Crippen LogP contribution in [0.25, 0.3) is 0 Å². The second-order valence-corrected chi connectivity index (χ2v) is 3.27. The molecule has 0 spiro atoms. The Morgan fingerprint density at radius 2 is 2.00 bits per heavy atom. The van der Waals surface area contributed by atoms with Crippen molar-refractivity contribution in [3.8, 4) is 0 Å². The zero-order valence-electron chi connectivity index (χ0n) is 6.35. The standard InChI is InChI=1S/C8H7F3S/c1-5-6(9)3-2-4-7(5)12-8(10)11/h2-4,8H,1H3. The third-order valence-electron chi connectivity index (χ3n) is 1.43. The van der Waals surface area contributed by atoms with Gasteiger partial charge in [0, 0.05) is 4.90 Å². The first-order chi connectivity index (χ1) is 5.61. The van der Waals surface area contributed by atoms with Gasteiger partial charge in [0.2, 0.25) is 0 Å². The summed E-state index contributed by atoms with van der Waals surface area (Å²) in [4.78, 5) is 0.296. The van der Waals surface area contributed by atoms with Gasteiger partial charge in [-0.2, -0.15) is 8.78 Å². The number of halogens is 3. The molecule has 0 fully saturated rings. The number of thioether (sulfide) groups is 1. The maximum Gasteiger partial charge on any atom is 0.288 e. The SMILES string of the molecule is Cc1c(F)cccc1SC(F)F. The van der Waals surface area contributed by atoms with E-state index in [1.807, 2.05) is 0 Å². The number of alkyl halides is 2. The summed E-state index contributed by atoms with van der Waals surface area (Å²) in [5.74, 6) is -2.94. The van der Waals surface area contributed by atoms with Crippen molar-refractivity contribution in [2.75, 3.05) is 0 Å². The van der Waals surface area contributed by atoms with Crippen LogP contribution in [0.3, 0.4) is 0 Å². The lowest BCUT2D eigenvalue weighted by atomic mass is 10.2. The van der Waals surface area contributed by atoms with E-state index in [0.29, 0.717) is 16.7 Å². The Hall–Kier alpha value is -0.640. The van der Waals surface area contributed by atoms with Gasteiger partial charge in [-0.1, -0.05) is 17.8 Å². The lowest BCUT2D eigenvalue weighted by Gasteiger charge is -2.04. The number of rotatable bonds is 2. The maximum absolute atomic E-state index is 12.8. The summed E-state index contributed by atoms with van der Waals surface area (Å²) in [5, 5.41) is 0. The minimum atomic E-state index is -2.49. The minimum Gasteiger partial charge on any atom is -0.207 e. The van der Waals surface area contributed by atoms with Crippen LogP contribution in [-0.2, 0) is 0 Å². The highest BCUT2D eigenvalue weighted by molar-refractivity contribution is 7.99. The van der Waals surface area contributed by atoms with Crippen LogP contribution in [0.2, 0.25) is 0 Å². The fourth-order valence-corrected chi connectivity index (χ4v) is 1.43. The summed E-state index contributed by atoms with van der Waals surface area (Å²) in [6.45, 7) is 1.49. The molecule has 0 aromatic heterocycles. The van der Waals surface area contributed by atoms with E-state index in [9.17, 15) is 13.2 Å². The number of hydrogen-bond acceptors (Lipinski definition) is 1. The van der Waals surface area contributed by atoms with Crippen molar-refractivity contribution < 1.29 is 13.2 Å². The van der Waals surface area contributed by atoms with E-state index < -0.39 is 11.6 Å². The van der Waals surface area contributed by atoms with Gasteiger partial charge in [0.25, 0.3) is 5.76 Å². The third kappa shape index (κ3) is 2.17. The molecule has 0 radical (unpaired) electrons. The quantitative estimate of drug-likeness (QED) is 0.647. The van der Waals surface area contributed by atoms with Gasteiger partial charge in [0.15, 0.2) is 0 Å². The molecule has 0 saturated heterocycles. The molecule has 1 rings (SSSR count). The molecule has 0 nitrogen and oxygen atoms in total. The summed E-state index contributed by atoms with van der Waals surface area (Å²) < 4.78 is 36.5. The number of hydrogen-bond donors (Lipinski definition) is 0. The first-order valence-corrected chi connectivity index (χ1v) is 4.19. The molecule has 1 aromatic carbocycles. The van der Waals surface area contributed by atoms with E-state index in [-0.39, 0.29) is 5.56 Å². The third-order valence-corrected chi connectivity index (χ3v) is 2.31. The lowest BCUT2D eigenvalue weighted by Crippen LogP contribution is -1.88. The van der Waals surface area contributed by atoms with E-state index in [1.54, 1.807) is 0 Å². The predicted octanol–water partition coefficient (Wildman–Crippen LogP) is 3.45. The Labute approximate surface area is 72.8 Å². The van der Waals surface area contributed by atoms with Crippen molar-refractivity contribution in [2.24, 2.45) is 0 Å². The second-order valence-electron chi connectivity index (χ2n) is 2.24. The van der Waals surface area contributed by atoms with Gasteiger partial charge in [0.05, 0.1) is 0 Å².